The Balaban J connectivity index is 2.00. The summed E-state index contributed by atoms with van der Waals surface area (Å²) in [5, 5.41) is 7.45. The van der Waals surface area contributed by atoms with E-state index in [-0.39, 0.29) is 5.91 Å². The zero-order valence-electron chi connectivity index (χ0n) is 14.6. The number of benzene rings is 1. The molecule has 0 fully saturated rings. The van der Waals surface area contributed by atoms with Crippen LogP contribution in [-0.4, -0.2) is 22.2 Å². The molecule has 0 aliphatic carbocycles. The molecule has 2 rings (SSSR count). The molecule has 0 saturated carbocycles. The van der Waals surface area contributed by atoms with Gasteiger partial charge in [-0.2, -0.15) is 5.10 Å². The first-order valence-corrected chi connectivity index (χ1v) is 7.87. The van der Waals surface area contributed by atoms with Gasteiger partial charge in [0.05, 0.1) is 11.1 Å². The highest BCUT2D eigenvalue weighted by Crippen LogP contribution is 2.24. The number of carbonyl (C=O) groups excluding carboxylic acids is 1. The van der Waals surface area contributed by atoms with Crippen LogP contribution >= 0.6 is 0 Å². The van der Waals surface area contributed by atoms with Crippen molar-refractivity contribution in [2.75, 3.05) is 12.3 Å². The van der Waals surface area contributed by atoms with Gasteiger partial charge in [0.15, 0.2) is 0 Å². The Bertz CT molecular complexity index is 699. The number of nitrogens with one attached hydrogen (secondary N) is 1. The fourth-order valence-electron chi connectivity index (χ4n) is 2.73. The summed E-state index contributed by atoms with van der Waals surface area (Å²) in [6.07, 6.45) is 0.787. The maximum Gasteiger partial charge on any atom is 0.230 e. The van der Waals surface area contributed by atoms with Gasteiger partial charge in [-0.05, 0) is 57.4 Å². The third kappa shape index (κ3) is 3.55. The second kappa shape index (κ2) is 6.44. The van der Waals surface area contributed by atoms with Crippen LogP contribution in [-0.2, 0) is 23.7 Å². The summed E-state index contributed by atoms with van der Waals surface area (Å²) in [6.45, 7) is 8.51. The van der Waals surface area contributed by atoms with Gasteiger partial charge >= 0.3 is 0 Å². The summed E-state index contributed by atoms with van der Waals surface area (Å²) in [5.74, 6) is 0.0152. The number of nitrogen functional groups attached to an aromatic ring is 1. The molecule has 2 aromatic rings. The number of aryl methyl sites for hydroxylation is 2. The lowest BCUT2D eigenvalue weighted by Gasteiger charge is -2.24. The molecule has 0 unspecified atom stereocenters. The van der Waals surface area contributed by atoms with Gasteiger partial charge in [0.2, 0.25) is 5.91 Å². The number of aromatic nitrogens is 2. The number of carbonyl (C=O) groups is 1. The molecule has 3 N–H and O–H groups in total. The minimum Gasteiger partial charge on any atom is -0.399 e. The molecule has 0 aliphatic heterocycles. The third-order valence-electron chi connectivity index (χ3n) is 4.52. The zero-order valence-corrected chi connectivity index (χ0v) is 14.6. The van der Waals surface area contributed by atoms with Crippen molar-refractivity contribution in [2.24, 2.45) is 7.05 Å². The maximum atomic E-state index is 12.6. The largest absolute Gasteiger partial charge is 0.399 e. The Morgan fingerprint density at radius 1 is 1.26 bits per heavy atom. The van der Waals surface area contributed by atoms with Crippen molar-refractivity contribution in [1.29, 1.82) is 0 Å². The molecule has 5 nitrogen and oxygen atoms in total. The van der Waals surface area contributed by atoms with E-state index in [1.807, 2.05) is 56.8 Å². The number of rotatable bonds is 5. The molecule has 1 heterocycles. The Kier molecular flexibility index (Phi) is 4.78. The van der Waals surface area contributed by atoms with E-state index >= 15 is 0 Å². The molecule has 0 bridgehead atoms. The molecular weight excluding hydrogens is 288 g/mol. The van der Waals surface area contributed by atoms with Gasteiger partial charge in [0.25, 0.3) is 0 Å². The van der Waals surface area contributed by atoms with Crippen LogP contribution in [0.3, 0.4) is 0 Å². The van der Waals surface area contributed by atoms with E-state index in [9.17, 15) is 4.79 Å². The van der Waals surface area contributed by atoms with E-state index in [1.165, 1.54) is 5.56 Å². The van der Waals surface area contributed by atoms with Crippen LogP contribution in [0, 0.1) is 13.8 Å². The lowest BCUT2D eigenvalue weighted by molar-refractivity contribution is -0.125. The summed E-state index contributed by atoms with van der Waals surface area (Å²) in [7, 11) is 1.94. The average Bonchev–Trinajstić information content (AvgIpc) is 2.73. The number of nitrogens with zero attached hydrogens (tertiary/aromatic N) is 2. The molecule has 1 amide bonds. The fourth-order valence-corrected chi connectivity index (χ4v) is 2.73. The number of hydrogen-bond donors (Lipinski definition) is 2. The standard InChI is InChI=1S/C18H26N4O/c1-12-16(13(2)22(5)21-12)10-11-20-17(23)18(3,4)14-6-8-15(19)9-7-14/h6-9H,10-11,19H2,1-5H3,(H,20,23). The number of nitrogens with two attached hydrogens (primary N) is 1. The van der Waals surface area contributed by atoms with Crippen molar-refractivity contribution in [3.8, 4) is 0 Å². The number of amides is 1. The van der Waals surface area contributed by atoms with Gasteiger partial charge in [0.1, 0.15) is 0 Å². The van der Waals surface area contributed by atoms with Gasteiger partial charge in [-0.3, -0.25) is 9.48 Å². The monoisotopic (exact) mass is 314 g/mol. The van der Waals surface area contributed by atoms with Crippen molar-refractivity contribution < 1.29 is 4.79 Å². The Hall–Kier alpha value is -2.30. The Labute approximate surface area is 137 Å². The van der Waals surface area contributed by atoms with E-state index in [2.05, 4.69) is 17.3 Å². The number of anilines is 1. The molecule has 0 radical (unpaired) electrons. The molecule has 0 saturated heterocycles. The predicted octanol–water partition coefficient (Wildman–Crippen LogP) is 2.26. The lowest BCUT2D eigenvalue weighted by Crippen LogP contribution is -2.41. The third-order valence-corrected chi connectivity index (χ3v) is 4.52. The van der Waals surface area contributed by atoms with Crippen LogP contribution in [0.2, 0.25) is 0 Å². The van der Waals surface area contributed by atoms with Crippen LogP contribution in [0.15, 0.2) is 24.3 Å². The summed E-state index contributed by atoms with van der Waals surface area (Å²) < 4.78 is 1.88. The van der Waals surface area contributed by atoms with Crippen LogP contribution < -0.4 is 11.1 Å². The van der Waals surface area contributed by atoms with Crippen LogP contribution in [0.1, 0.15) is 36.4 Å². The summed E-state index contributed by atoms with van der Waals surface area (Å²) in [6, 6.07) is 7.47. The highest BCUT2D eigenvalue weighted by atomic mass is 16.2. The molecule has 0 spiro atoms. The fraction of sp³-hybridized carbons (Fsp3) is 0.444. The summed E-state index contributed by atoms with van der Waals surface area (Å²) in [4.78, 5) is 12.6. The molecule has 23 heavy (non-hydrogen) atoms. The molecule has 0 atom stereocenters. The van der Waals surface area contributed by atoms with Crippen LogP contribution in [0.25, 0.3) is 0 Å². The first-order chi connectivity index (χ1) is 10.7. The van der Waals surface area contributed by atoms with Gasteiger partial charge in [0, 0.05) is 25.0 Å². The molecule has 1 aromatic heterocycles. The molecule has 124 valence electrons. The van der Waals surface area contributed by atoms with Crippen molar-refractivity contribution in [3.63, 3.8) is 0 Å². The predicted molar refractivity (Wildman–Crippen MR) is 93.3 cm³/mol. The van der Waals surface area contributed by atoms with Gasteiger partial charge in [-0.15, -0.1) is 0 Å². The van der Waals surface area contributed by atoms with E-state index in [0.29, 0.717) is 12.2 Å². The highest BCUT2D eigenvalue weighted by Gasteiger charge is 2.29. The second-order valence-corrected chi connectivity index (χ2v) is 6.53. The first-order valence-electron chi connectivity index (χ1n) is 7.87. The molecular formula is C18H26N4O. The zero-order chi connectivity index (χ0) is 17.2. The first kappa shape index (κ1) is 17.1. The number of hydrogen-bond acceptors (Lipinski definition) is 3. The van der Waals surface area contributed by atoms with Crippen molar-refractivity contribution in [2.45, 2.75) is 39.5 Å². The van der Waals surface area contributed by atoms with Crippen molar-refractivity contribution in [1.82, 2.24) is 15.1 Å². The second-order valence-electron chi connectivity index (χ2n) is 6.53. The average molecular weight is 314 g/mol. The quantitative estimate of drug-likeness (QED) is 0.831. The molecule has 1 aromatic carbocycles. The lowest BCUT2D eigenvalue weighted by atomic mass is 9.83. The van der Waals surface area contributed by atoms with E-state index in [0.717, 1.165) is 23.4 Å². The topological polar surface area (TPSA) is 72.9 Å². The Morgan fingerprint density at radius 2 is 1.87 bits per heavy atom. The van der Waals surface area contributed by atoms with E-state index < -0.39 is 5.41 Å². The van der Waals surface area contributed by atoms with Gasteiger partial charge < -0.3 is 11.1 Å². The Morgan fingerprint density at radius 3 is 2.39 bits per heavy atom. The van der Waals surface area contributed by atoms with Crippen LogP contribution in [0.5, 0.6) is 0 Å². The molecule has 5 heteroatoms. The van der Waals surface area contributed by atoms with Crippen LogP contribution in [0.4, 0.5) is 5.69 Å². The van der Waals surface area contributed by atoms with Gasteiger partial charge in [-0.25, -0.2) is 0 Å². The highest BCUT2D eigenvalue weighted by molar-refractivity contribution is 5.87. The van der Waals surface area contributed by atoms with Gasteiger partial charge in [-0.1, -0.05) is 12.1 Å². The van der Waals surface area contributed by atoms with Crippen molar-refractivity contribution >= 4 is 11.6 Å². The summed E-state index contributed by atoms with van der Waals surface area (Å²) >= 11 is 0. The minimum absolute atomic E-state index is 0.0152. The van der Waals surface area contributed by atoms with E-state index in [4.69, 9.17) is 5.73 Å². The minimum atomic E-state index is -0.591. The van der Waals surface area contributed by atoms with E-state index in [1.54, 1.807) is 0 Å². The molecule has 0 aliphatic rings. The smallest absolute Gasteiger partial charge is 0.230 e. The maximum absolute atomic E-state index is 12.6. The van der Waals surface area contributed by atoms with Crippen molar-refractivity contribution in [3.05, 3.63) is 46.8 Å². The normalized spacial score (nSPS) is 11.5. The summed E-state index contributed by atoms with van der Waals surface area (Å²) in [5.41, 5.74) is 10.2. The SMILES string of the molecule is Cc1nn(C)c(C)c1CCNC(=O)C(C)(C)c1ccc(N)cc1.